The summed E-state index contributed by atoms with van der Waals surface area (Å²) in [5, 5.41) is 5.17. The molecule has 3 rings (SSSR count). The van der Waals surface area contributed by atoms with Crippen LogP contribution in [-0.2, 0) is 6.42 Å². The second kappa shape index (κ2) is 7.60. The predicted octanol–water partition coefficient (Wildman–Crippen LogP) is 3.88. The summed E-state index contributed by atoms with van der Waals surface area (Å²) in [4.78, 5) is 28.5. The summed E-state index contributed by atoms with van der Waals surface area (Å²) in [6.45, 7) is 1.90. The first-order valence-electron chi connectivity index (χ1n) is 7.99. The maximum absolute atomic E-state index is 13.6. The second-order valence-corrected chi connectivity index (χ2v) is 5.43. The zero-order valence-electron chi connectivity index (χ0n) is 14.0. The van der Waals surface area contributed by atoms with E-state index in [0.29, 0.717) is 12.2 Å². The number of hydrogen-bond donors (Lipinski definition) is 2. The number of hydrogen-bond acceptors (Lipinski definition) is 4. The number of pyridine rings is 1. The van der Waals surface area contributed by atoms with E-state index in [4.69, 9.17) is 4.42 Å². The van der Waals surface area contributed by atoms with Crippen LogP contribution >= 0.6 is 0 Å². The van der Waals surface area contributed by atoms with E-state index in [0.717, 1.165) is 6.07 Å². The Morgan fingerprint density at radius 2 is 1.85 bits per heavy atom. The van der Waals surface area contributed by atoms with Crippen LogP contribution in [0.15, 0.2) is 59.1 Å². The number of nitrogens with one attached hydrogen (secondary N) is 2. The molecule has 2 N–H and O–H groups in total. The summed E-state index contributed by atoms with van der Waals surface area (Å²) >= 11 is 0. The molecule has 0 aliphatic carbocycles. The monoisotopic (exact) mass is 353 g/mol. The van der Waals surface area contributed by atoms with Crippen LogP contribution in [0.4, 0.5) is 15.8 Å². The van der Waals surface area contributed by atoms with Gasteiger partial charge in [-0.05, 0) is 42.5 Å². The summed E-state index contributed by atoms with van der Waals surface area (Å²) in [6, 6.07) is 11.8. The largest absolute Gasteiger partial charge is 0.456 e. The molecular weight excluding hydrogens is 337 g/mol. The number of halogens is 1. The smallest absolute Gasteiger partial charge is 0.291 e. The molecule has 0 saturated carbocycles. The highest BCUT2D eigenvalue weighted by Gasteiger charge is 2.16. The van der Waals surface area contributed by atoms with Gasteiger partial charge in [-0.15, -0.1) is 0 Å². The molecule has 0 saturated heterocycles. The highest BCUT2D eigenvalue weighted by molar-refractivity contribution is 6.08. The number of benzene rings is 1. The topological polar surface area (TPSA) is 84.2 Å². The Hall–Kier alpha value is -3.48. The van der Waals surface area contributed by atoms with E-state index in [1.54, 1.807) is 30.3 Å². The van der Waals surface area contributed by atoms with Crippen LogP contribution in [0.2, 0.25) is 0 Å². The molecule has 7 heteroatoms. The van der Waals surface area contributed by atoms with Crippen LogP contribution in [0.5, 0.6) is 0 Å². The Kier molecular flexibility index (Phi) is 5.07. The van der Waals surface area contributed by atoms with Crippen molar-refractivity contribution < 1.29 is 18.4 Å². The van der Waals surface area contributed by atoms with E-state index in [2.05, 4.69) is 15.6 Å². The van der Waals surface area contributed by atoms with Gasteiger partial charge in [0.25, 0.3) is 11.8 Å². The van der Waals surface area contributed by atoms with E-state index < -0.39 is 17.6 Å². The molecule has 0 unspecified atom stereocenters. The fraction of sp³-hybridized carbons (Fsp3) is 0.105. The highest BCUT2D eigenvalue weighted by Crippen LogP contribution is 2.24. The van der Waals surface area contributed by atoms with Gasteiger partial charge in [0.15, 0.2) is 5.76 Å². The first-order chi connectivity index (χ1) is 12.6. The van der Waals surface area contributed by atoms with Crippen molar-refractivity contribution in [2.24, 2.45) is 0 Å². The van der Waals surface area contributed by atoms with Gasteiger partial charge in [0, 0.05) is 12.6 Å². The van der Waals surface area contributed by atoms with Gasteiger partial charge in [-0.2, -0.15) is 0 Å². The minimum Gasteiger partial charge on any atom is -0.456 e. The molecule has 0 atom stereocenters. The lowest BCUT2D eigenvalue weighted by molar-refractivity contribution is 0.0991. The molecule has 6 nitrogen and oxygen atoms in total. The fourth-order valence-electron chi connectivity index (χ4n) is 2.29. The Morgan fingerprint density at radius 1 is 1.04 bits per heavy atom. The van der Waals surface area contributed by atoms with Crippen molar-refractivity contribution in [3.63, 3.8) is 0 Å². The third-order valence-electron chi connectivity index (χ3n) is 3.61. The van der Waals surface area contributed by atoms with Gasteiger partial charge >= 0.3 is 0 Å². The lowest BCUT2D eigenvalue weighted by atomic mass is 10.2. The summed E-state index contributed by atoms with van der Waals surface area (Å²) < 4.78 is 19.0. The zero-order valence-corrected chi connectivity index (χ0v) is 14.0. The molecule has 1 aromatic carbocycles. The van der Waals surface area contributed by atoms with Crippen molar-refractivity contribution >= 4 is 23.2 Å². The van der Waals surface area contributed by atoms with Crippen LogP contribution in [0, 0.1) is 5.82 Å². The van der Waals surface area contributed by atoms with Crippen molar-refractivity contribution in [2.45, 2.75) is 13.3 Å². The molecule has 0 bridgehead atoms. The number of carbonyl (C=O) groups is 2. The molecule has 2 aromatic heterocycles. The average Bonchev–Trinajstić information content (AvgIpc) is 3.14. The number of aryl methyl sites for hydroxylation is 1. The standard InChI is InChI=1S/C19H16FN3O3/c1-2-13-7-9-17(26-13)19(25)23-16-11-12(20)6-8-14(16)22-18(24)15-5-3-4-10-21-15/h3-11H,2H2,1H3,(H,22,24)(H,23,25). The van der Waals surface area contributed by atoms with Crippen LogP contribution in [0.25, 0.3) is 0 Å². The number of furan rings is 1. The van der Waals surface area contributed by atoms with E-state index in [9.17, 15) is 14.0 Å². The maximum Gasteiger partial charge on any atom is 0.291 e. The van der Waals surface area contributed by atoms with Crippen molar-refractivity contribution in [1.29, 1.82) is 0 Å². The Labute approximate surface area is 149 Å². The van der Waals surface area contributed by atoms with Crippen molar-refractivity contribution in [3.8, 4) is 0 Å². The Bertz CT molecular complexity index is 938. The molecule has 2 amide bonds. The zero-order chi connectivity index (χ0) is 18.5. The van der Waals surface area contributed by atoms with Crippen LogP contribution in [0.3, 0.4) is 0 Å². The Morgan fingerprint density at radius 3 is 2.54 bits per heavy atom. The van der Waals surface area contributed by atoms with Gasteiger partial charge in [0.1, 0.15) is 17.3 Å². The van der Waals surface area contributed by atoms with Gasteiger partial charge in [-0.25, -0.2) is 4.39 Å². The third-order valence-corrected chi connectivity index (χ3v) is 3.61. The average molecular weight is 353 g/mol. The van der Waals surface area contributed by atoms with E-state index in [1.807, 2.05) is 6.92 Å². The molecule has 0 fully saturated rings. The number of nitrogens with zero attached hydrogens (tertiary/aromatic N) is 1. The van der Waals surface area contributed by atoms with Gasteiger partial charge in [-0.1, -0.05) is 13.0 Å². The third kappa shape index (κ3) is 3.94. The van der Waals surface area contributed by atoms with Crippen molar-refractivity contribution in [3.05, 3.63) is 77.8 Å². The summed E-state index contributed by atoms with van der Waals surface area (Å²) in [7, 11) is 0. The molecule has 26 heavy (non-hydrogen) atoms. The van der Waals surface area contributed by atoms with Crippen LogP contribution in [0.1, 0.15) is 33.7 Å². The number of aromatic nitrogens is 1. The number of carbonyl (C=O) groups excluding carboxylic acids is 2. The lowest BCUT2D eigenvalue weighted by Gasteiger charge is -2.12. The quantitative estimate of drug-likeness (QED) is 0.729. The van der Waals surface area contributed by atoms with Crippen LogP contribution < -0.4 is 10.6 Å². The molecule has 0 radical (unpaired) electrons. The molecule has 132 valence electrons. The van der Waals surface area contributed by atoms with Crippen LogP contribution in [-0.4, -0.2) is 16.8 Å². The van der Waals surface area contributed by atoms with Crippen molar-refractivity contribution in [1.82, 2.24) is 4.98 Å². The van der Waals surface area contributed by atoms with E-state index in [-0.39, 0.29) is 22.8 Å². The van der Waals surface area contributed by atoms with E-state index >= 15 is 0 Å². The predicted molar refractivity (Wildman–Crippen MR) is 94.6 cm³/mol. The lowest BCUT2D eigenvalue weighted by Crippen LogP contribution is -2.17. The normalized spacial score (nSPS) is 10.4. The Balaban J connectivity index is 1.81. The maximum atomic E-state index is 13.6. The summed E-state index contributed by atoms with van der Waals surface area (Å²) in [5.41, 5.74) is 0.569. The second-order valence-electron chi connectivity index (χ2n) is 5.43. The molecular formula is C19H16FN3O3. The van der Waals surface area contributed by atoms with Gasteiger partial charge < -0.3 is 15.1 Å². The molecule has 0 aliphatic heterocycles. The highest BCUT2D eigenvalue weighted by atomic mass is 19.1. The summed E-state index contributed by atoms with van der Waals surface area (Å²) in [6.07, 6.45) is 2.14. The fourth-order valence-corrected chi connectivity index (χ4v) is 2.29. The first-order valence-corrected chi connectivity index (χ1v) is 7.99. The first kappa shape index (κ1) is 17.3. The van der Waals surface area contributed by atoms with Crippen molar-refractivity contribution in [2.75, 3.05) is 10.6 Å². The minimum atomic E-state index is -0.551. The summed E-state index contributed by atoms with van der Waals surface area (Å²) in [5.74, 6) is -0.793. The van der Waals surface area contributed by atoms with E-state index in [1.165, 1.54) is 18.3 Å². The molecule has 2 heterocycles. The number of amides is 2. The van der Waals surface area contributed by atoms with Gasteiger partial charge in [-0.3, -0.25) is 14.6 Å². The molecule has 0 aliphatic rings. The van der Waals surface area contributed by atoms with Gasteiger partial charge in [0.2, 0.25) is 0 Å². The van der Waals surface area contributed by atoms with Gasteiger partial charge in [0.05, 0.1) is 11.4 Å². The molecule has 3 aromatic rings. The molecule has 0 spiro atoms. The number of anilines is 2. The number of rotatable bonds is 5. The SMILES string of the molecule is CCc1ccc(C(=O)Nc2cc(F)ccc2NC(=O)c2ccccn2)o1. The minimum absolute atomic E-state index is 0.105.